The fourth-order valence-corrected chi connectivity index (χ4v) is 4.66. The van der Waals surface area contributed by atoms with Gasteiger partial charge in [0.05, 0.1) is 17.6 Å². The van der Waals surface area contributed by atoms with E-state index < -0.39 is 5.97 Å². The van der Waals surface area contributed by atoms with Crippen molar-refractivity contribution in [3.8, 4) is 0 Å². The summed E-state index contributed by atoms with van der Waals surface area (Å²) in [6.45, 7) is 8.98. The molecule has 8 heteroatoms. The first-order chi connectivity index (χ1) is 14.9. The SMILES string of the molecule is CCCCc1ccc(NC(=S)Nc2sc(C(=O)N(CC)CC)c(C)c2C(=O)OC)cc1. The lowest BCUT2D eigenvalue weighted by atomic mass is 10.1. The number of rotatable bonds is 9. The van der Waals surface area contributed by atoms with Gasteiger partial charge in [-0.05, 0) is 69.1 Å². The zero-order chi connectivity index (χ0) is 23.0. The van der Waals surface area contributed by atoms with Gasteiger partial charge in [0.25, 0.3) is 5.91 Å². The van der Waals surface area contributed by atoms with Crippen LogP contribution in [0, 0.1) is 6.92 Å². The molecule has 0 atom stereocenters. The number of amides is 1. The topological polar surface area (TPSA) is 70.7 Å². The zero-order valence-electron chi connectivity index (χ0n) is 18.8. The number of aryl methyl sites for hydroxylation is 1. The van der Waals surface area contributed by atoms with Gasteiger partial charge in [0.15, 0.2) is 5.11 Å². The lowest BCUT2D eigenvalue weighted by Gasteiger charge is -2.17. The van der Waals surface area contributed by atoms with E-state index in [2.05, 4.69) is 29.7 Å². The van der Waals surface area contributed by atoms with E-state index in [0.29, 0.717) is 39.2 Å². The number of hydrogen-bond acceptors (Lipinski definition) is 5. The molecule has 0 aliphatic rings. The molecule has 2 aromatic rings. The highest BCUT2D eigenvalue weighted by Crippen LogP contribution is 2.34. The fourth-order valence-electron chi connectivity index (χ4n) is 3.21. The Hall–Kier alpha value is -2.45. The molecule has 0 aliphatic carbocycles. The number of methoxy groups -OCH3 is 1. The van der Waals surface area contributed by atoms with E-state index in [1.54, 1.807) is 11.8 Å². The Morgan fingerprint density at radius 1 is 1.10 bits per heavy atom. The molecule has 0 saturated carbocycles. The lowest BCUT2D eigenvalue weighted by molar-refractivity contribution is 0.0601. The number of benzene rings is 1. The van der Waals surface area contributed by atoms with Crippen LogP contribution in [0.3, 0.4) is 0 Å². The van der Waals surface area contributed by atoms with E-state index in [4.69, 9.17) is 17.0 Å². The van der Waals surface area contributed by atoms with Gasteiger partial charge in [-0.15, -0.1) is 11.3 Å². The number of unbranched alkanes of at least 4 members (excludes halogenated alkanes) is 1. The Morgan fingerprint density at radius 3 is 2.29 bits per heavy atom. The van der Waals surface area contributed by atoms with Gasteiger partial charge in [-0.2, -0.15) is 0 Å². The van der Waals surface area contributed by atoms with Crippen LogP contribution in [-0.4, -0.2) is 42.1 Å². The van der Waals surface area contributed by atoms with Gasteiger partial charge in [-0.1, -0.05) is 25.5 Å². The second-order valence-corrected chi connectivity index (χ2v) is 8.54. The molecule has 31 heavy (non-hydrogen) atoms. The Labute approximate surface area is 194 Å². The highest BCUT2D eigenvalue weighted by atomic mass is 32.1. The van der Waals surface area contributed by atoms with Gasteiger partial charge in [0.1, 0.15) is 5.00 Å². The van der Waals surface area contributed by atoms with Crippen LogP contribution in [0.15, 0.2) is 24.3 Å². The number of ether oxygens (including phenoxy) is 1. The summed E-state index contributed by atoms with van der Waals surface area (Å²) >= 11 is 6.67. The molecule has 1 aromatic heterocycles. The van der Waals surface area contributed by atoms with Gasteiger partial charge < -0.3 is 20.3 Å². The fraction of sp³-hybridized carbons (Fsp3) is 0.435. The summed E-state index contributed by atoms with van der Waals surface area (Å²) in [5.74, 6) is -0.606. The largest absolute Gasteiger partial charge is 0.465 e. The van der Waals surface area contributed by atoms with Gasteiger partial charge in [0, 0.05) is 18.8 Å². The highest BCUT2D eigenvalue weighted by molar-refractivity contribution is 7.80. The maximum absolute atomic E-state index is 12.9. The number of esters is 1. The summed E-state index contributed by atoms with van der Waals surface area (Å²) in [7, 11) is 1.33. The van der Waals surface area contributed by atoms with Crippen LogP contribution in [0.25, 0.3) is 0 Å². The Bertz CT molecular complexity index is 919. The minimum Gasteiger partial charge on any atom is -0.465 e. The number of carbonyl (C=O) groups excluding carboxylic acids is 2. The molecule has 0 spiro atoms. The molecule has 0 bridgehead atoms. The third kappa shape index (κ3) is 6.27. The molecule has 0 aliphatic heterocycles. The van der Waals surface area contributed by atoms with Crippen LogP contribution in [0.2, 0.25) is 0 Å². The first-order valence-corrected chi connectivity index (χ1v) is 11.8. The second-order valence-electron chi connectivity index (χ2n) is 7.11. The molecular formula is C23H31N3O3S2. The summed E-state index contributed by atoms with van der Waals surface area (Å²) in [4.78, 5) is 27.5. The number of anilines is 2. The molecular weight excluding hydrogens is 430 g/mol. The Morgan fingerprint density at radius 2 is 1.74 bits per heavy atom. The summed E-state index contributed by atoms with van der Waals surface area (Å²) in [6, 6.07) is 8.12. The highest BCUT2D eigenvalue weighted by Gasteiger charge is 2.27. The third-order valence-electron chi connectivity index (χ3n) is 5.04. The van der Waals surface area contributed by atoms with Crippen molar-refractivity contribution >= 4 is 51.2 Å². The number of thiophene rings is 1. The smallest absolute Gasteiger partial charge is 0.341 e. The number of thiocarbonyl (C=S) groups is 1. The average Bonchev–Trinajstić information content (AvgIpc) is 3.08. The molecule has 0 saturated heterocycles. The van der Waals surface area contributed by atoms with Crippen molar-refractivity contribution in [1.29, 1.82) is 0 Å². The zero-order valence-corrected chi connectivity index (χ0v) is 20.5. The van der Waals surface area contributed by atoms with Crippen LogP contribution in [0.1, 0.15) is 64.8 Å². The van der Waals surface area contributed by atoms with Crippen LogP contribution in [0.4, 0.5) is 10.7 Å². The van der Waals surface area contributed by atoms with E-state index in [0.717, 1.165) is 24.9 Å². The molecule has 0 unspecified atom stereocenters. The lowest BCUT2D eigenvalue weighted by Crippen LogP contribution is -2.30. The van der Waals surface area contributed by atoms with Crippen LogP contribution in [-0.2, 0) is 11.2 Å². The molecule has 2 N–H and O–H groups in total. The summed E-state index contributed by atoms with van der Waals surface area (Å²) in [6.07, 6.45) is 3.38. The van der Waals surface area contributed by atoms with Crippen molar-refractivity contribution in [2.24, 2.45) is 0 Å². The molecule has 0 fully saturated rings. The van der Waals surface area contributed by atoms with E-state index >= 15 is 0 Å². The van der Waals surface area contributed by atoms with Crippen LogP contribution in [0.5, 0.6) is 0 Å². The van der Waals surface area contributed by atoms with Crippen molar-refractivity contribution in [3.63, 3.8) is 0 Å². The molecule has 1 aromatic carbocycles. The molecule has 2 rings (SSSR count). The number of nitrogens with one attached hydrogen (secondary N) is 2. The minimum atomic E-state index is -0.502. The monoisotopic (exact) mass is 461 g/mol. The summed E-state index contributed by atoms with van der Waals surface area (Å²) < 4.78 is 4.95. The number of carbonyl (C=O) groups is 2. The molecule has 1 heterocycles. The first kappa shape index (κ1) is 24.8. The van der Waals surface area contributed by atoms with Crippen LogP contribution >= 0.6 is 23.6 Å². The Kier molecular flexibility index (Phi) is 9.45. The van der Waals surface area contributed by atoms with E-state index in [1.165, 1.54) is 24.0 Å². The normalized spacial score (nSPS) is 10.5. The molecule has 6 nitrogen and oxygen atoms in total. The van der Waals surface area contributed by atoms with Crippen molar-refractivity contribution in [2.45, 2.75) is 47.0 Å². The maximum Gasteiger partial charge on any atom is 0.341 e. The maximum atomic E-state index is 12.9. The van der Waals surface area contributed by atoms with Crippen molar-refractivity contribution in [1.82, 2.24) is 4.90 Å². The van der Waals surface area contributed by atoms with Crippen molar-refractivity contribution in [2.75, 3.05) is 30.8 Å². The van der Waals surface area contributed by atoms with Gasteiger partial charge in [0.2, 0.25) is 0 Å². The van der Waals surface area contributed by atoms with Gasteiger partial charge in [-0.3, -0.25) is 4.79 Å². The predicted molar refractivity (Wildman–Crippen MR) is 133 cm³/mol. The van der Waals surface area contributed by atoms with E-state index in [-0.39, 0.29) is 5.91 Å². The number of hydrogen-bond donors (Lipinski definition) is 2. The van der Waals surface area contributed by atoms with Crippen molar-refractivity contribution in [3.05, 3.63) is 45.8 Å². The summed E-state index contributed by atoms with van der Waals surface area (Å²) in [5, 5.41) is 7.06. The quantitative estimate of drug-likeness (QED) is 0.381. The van der Waals surface area contributed by atoms with Gasteiger partial charge >= 0.3 is 5.97 Å². The van der Waals surface area contributed by atoms with Gasteiger partial charge in [-0.25, -0.2) is 4.79 Å². The molecule has 168 valence electrons. The third-order valence-corrected chi connectivity index (χ3v) is 6.44. The first-order valence-electron chi connectivity index (χ1n) is 10.5. The Balaban J connectivity index is 2.22. The van der Waals surface area contributed by atoms with Crippen molar-refractivity contribution < 1.29 is 14.3 Å². The van der Waals surface area contributed by atoms with Crippen LogP contribution < -0.4 is 10.6 Å². The molecule has 0 radical (unpaired) electrons. The minimum absolute atomic E-state index is 0.104. The standard InChI is InChI=1S/C23H31N3O3S2/c1-6-9-10-16-11-13-17(14-12-16)24-23(30)25-20-18(22(28)29-5)15(4)19(31-20)21(27)26(7-2)8-3/h11-14H,6-10H2,1-5H3,(H2,24,25,30). The average molecular weight is 462 g/mol. The van der Waals surface area contributed by atoms with E-state index in [1.807, 2.05) is 26.0 Å². The molecule has 1 amide bonds. The predicted octanol–water partition coefficient (Wildman–Crippen LogP) is 5.48. The second kappa shape index (κ2) is 11.8. The van der Waals surface area contributed by atoms with E-state index in [9.17, 15) is 9.59 Å². The number of nitrogens with zero attached hydrogens (tertiary/aromatic N) is 1. The summed E-state index contributed by atoms with van der Waals surface area (Å²) in [5.41, 5.74) is 3.07.